The first-order valence-corrected chi connectivity index (χ1v) is 9.99. The van der Waals surface area contributed by atoms with Gasteiger partial charge >= 0.3 is 0 Å². The van der Waals surface area contributed by atoms with Gasteiger partial charge in [-0.2, -0.15) is 0 Å². The van der Waals surface area contributed by atoms with Crippen molar-refractivity contribution in [2.45, 2.75) is 26.4 Å². The quantitative estimate of drug-likeness (QED) is 0.553. The molecular weight excluding hydrogens is 415 g/mol. The van der Waals surface area contributed by atoms with Gasteiger partial charge in [-0.05, 0) is 78.6 Å². The third-order valence-corrected chi connectivity index (χ3v) is 5.40. The van der Waals surface area contributed by atoms with E-state index < -0.39 is 0 Å². The van der Waals surface area contributed by atoms with Crippen molar-refractivity contribution in [2.75, 3.05) is 11.9 Å². The van der Waals surface area contributed by atoms with Crippen LogP contribution >= 0.6 is 12.4 Å². The summed E-state index contributed by atoms with van der Waals surface area (Å²) >= 11 is 0. The second-order valence-electron chi connectivity index (χ2n) is 7.66. The van der Waals surface area contributed by atoms with Gasteiger partial charge in [0.2, 0.25) is 0 Å². The molecule has 4 nitrogen and oxygen atoms in total. The number of nitrogens with one attached hydrogen (secondary N) is 1. The highest BCUT2D eigenvalue weighted by molar-refractivity contribution is 6.04. The van der Waals surface area contributed by atoms with Crippen molar-refractivity contribution in [1.29, 1.82) is 0 Å². The van der Waals surface area contributed by atoms with E-state index in [-0.39, 0.29) is 29.9 Å². The number of hydrogen-bond donors (Lipinski definition) is 1. The molecule has 1 heterocycles. The first kappa shape index (κ1) is 22.7. The van der Waals surface area contributed by atoms with Crippen LogP contribution in [0.1, 0.15) is 44.3 Å². The van der Waals surface area contributed by atoms with Gasteiger partial charge < -0.3 is 5.32 Å². The Morgan fingerprint density at radius 2 is 1.74 bits per heavy atom. The first-order chi connectivity index (χ1) is 14.5. The topological polar surface area (TPSA) is 49.4 Å². The highest BCUT2D eigenvalue weighted by Crippen LogP contribution is 2.22. The number of amides is 1. The zero-order valence-electron chi connectivity index (χ0n) is 17.2. The summed E-state index contributed by atoms with van der Waals surface area (Å²) in [5, 5.41) is 2.87. The molecule has 0 bridgehead atoms. The van der Waals surface area contributed by atoms with Crippen molar-refractivity contribution >= 4 is 29.8 Å². The molecule has 0 atom stereocenters. The van der Waals surface area contributed by atoms with Gasteiger partial charge in [-0.15, -0.1) is 12.4 Å². The van der Waals surface area contributed by atoms with Crippen LogP contribution in [-0.4, -0.2) is 23.1 Å². The minimum Gasteiger partial charge on any atom is -0.322 e. The molecule has 31 heavy (non-hydrogen) atoms. The number of fused-ring (bicyclic) bond motifs is 1. The van der Waals surface area contributed by atoms with E-state index in [0.717, 1.165) is 24.1 Å². The third-order valence-electron chi connectivity index (χ3n) is 5.40. The molecule has 6 heteroatoms. The molecule has 0 spiro atoms. The maximum Gasteiger partial charge on any atom is 0.255 e. The van der Waals surface area contributed by atoms with E-state index >= 15 is 0 Å². The van der Waals surface area contributed by atoms with Crippen molar-refractivity contribution in [1.82, 2.24) is 4.90 Å². The van der Waals surface area contributed by atoms with Crippen molar-refractivity contribution in [3.8, 4) is 0 Å². The van der Waals surface area contributed by atoms with Gasteiger partial charge in [0.15, 0.2) is 5.78 Å². The van der Waals surface area contributed by atoms with Gasteiger partial charge in [0.25, 0.3) is 5.91 Å². The molecule has 1 aliphatic rings. The Morgan fingerprint density at radius 3 is 2.48 bits per heavy atom. The van der Waals surface area contributed by atoms with Crippen molar-refractivity contribution in [3.63, 3.8) is 0 Å². The zero-order valence-corrected chi connectivity index (χ0v) is 18.0. The Bertz CT molecular complexity index is 1100. The molecular formula is C25H24ClFN2O2. The molecule has 1 N–H and O–H groups in total. The SMILES string of the molecule is CC(=O)c1ccc(NC(=O)c2cccc(CN3CCc4ccc(F)cc4C3)c2)cc1.Cl. The number of carbonyl (C=O) groups is 2. The third kappa shape index (κ3) is 5.57. The summed E-state index contributed by atoms with van der Waals surface area (Å²) in [6.07, 6.45) is 0.895. The fourth-order valence-electron chi connectivity index (χ4n) is 3.78. The summed E-state index contributed by atoms with van der Waals surface area (Å²) in [5.41, 5.74) is 5.10. The number of benzene rings is 3. The molecule has 0 aliphatic carbocycles. The van der Waals surface area contributed by atoms with Crippen LogP contribution < -0.4 is 5.32 Å². The average Bonchev–Trinajstić information content (AvgIpc) is 2.74. The molecule has 1 aliphatic heterocycles. The fraction of sp³-hybridized carbons (Fsp3) is 0.200. The second-order valence-corrected chi connectivity index (χ2v) is 7.66. The lowest BCUT2D eigenvalue weighted by atomic mass is 9.99. The predicted octanol–water partition coefficient (Wildman–Crippen LogP) is 5.26. The van der Waals surface area contributed by atoms with Crippen LogP contribution in [-0.2, 0) is 19.5 Å². The number of nitrogens with zero attached hydrogens (tertiary/aromatic N) is 1. The van der Waals surface area contributed by atoms with Crippen molar-refractivity contribution in [3.05, 3.63) is 100 Å². The van der Waals surface area contributed by atoms with Crippen LogP contribution in [0.15, 0.2) is 66.7 Å². The normalized spacial score (nSPS) is 13.1. The molecule has 3 aromatic carbocycles. The number of carbonyl (C=O) groups excluding carboxylic acids is 2. The minimum atomic E-state index is -0.203. The summed E-state index contributed by atoms with van der Waals surface area (Å²) in [4.78, 5) is 26.3. The lowest BCUT2D eigenvalue weighted by Gasteiger charge is -2.28. The highest BCUT2D eigenvalue weighted by Gasteiger charge is 2.17. The van der Waals surface area contributed by atoms with Gasteiger partial charge in [0, 0.05) is 36.4 Å². The monoisotopic (exact) mass is 438 g/mol. The van der Waals surface area contributed by atoms with Gasteiger partial charge in [0.05, 0.1) is 0 Å². The minimum absolute atomic E-state index is 0. The maximum atomic E-state index is 13.6. The Hall–Kier alpha value is -3.02. The van der Waals surface area contributed by atoms with E-state index in [1.54, 1.807) is 36.4 Å². The summed E-state index contributed by atoms with van der Waals surface area (Å²) in [6.45, 7) is 3.81. The Balaban J connectivity index is 0.00000272. The Labute approximate surface area is 187 Å². The molecule has 0 unspecified atom stereocenters. The summed E-state index contributed by atoms with van der Waals surface area (Å²) < 4.78 is 13.6. The van der Waals surface area contributed by atoms with E-state index in [0.29, 0.717) is 29.9 Å². The zero-order chi connectivity index (χ0) is 21.1. The molecule has 4 rings (SSSR count). The highest BCUT2D eigenvalue weighted by atomic mass is 35.5. The summed E-state index contributed by atoms with van der Waals surface area (Å²) in [7, 11) is 0. The molecule has 1 amide bonds. The maximum absolute atomic E-state index is 13.6. The van der Waals surface area contributed by atoms with Gasteiger partial charge in [-0.1, -0.05) is 18.2 Å². The molecule has 0 radical (unpaired) electrons. The number of Topliss-reactive ketones (excluding diaryl/α,β-unsaturated/α-hetero) is 1. The van der Waals surface area contributed by atoms with Crippen LogP contribution in [0.3, 0.4) is 0 Å². The van der Waals surface area contributed by atoms with E-state index in [1.807, 2.05) is 24.3 Å². The van der Waals surface area contributed by atoms with E-state index in [9.17, 15) is 14.0 Å². The number of ketones is 1. The van der Waals surface area contributed by atoms with Crippen LogP contribution in [0.5, 0.6) is 0 Å². The van der Waals surface area contributed by atoms with E-state index in [2.05, 4.69) is 10.2 Å². The summed E-state index contributed by atoms with van der Waals surface area (Å²) in [6, 6.07) is 19.4. The average molecular weight is 439 g/mol. The number of halogens is 2. The van der Waals surface area contributed by atoms with E-state index in [1.165, 1.54) is 18.6 Å². The number of anilines is 1. The first-order valence-electron chi connectivity index (χ1n) is 9.99. The second kappa shape index (κ2) is 9.86. The van der Waals surface area contributed by atoms with Crippen LogP contribution in [0.4, 0.5) is 10.1 Å². The molecule has 0 fully saturated rings. The number of hydrogen-bond acceptors (Lipinski definition) is 3. The fourth-order valence-corrected chi connectivity index (χ4v) is 3.78. The van der Waals surface area contributed by atoms with Crippen LogP contribution in [0, 0.1) is 5.82 Å². The van der Waals surface area contributed by atoms with Crippen LogP contribution in [0.2, 0.25) is 0 Å². The van der Waals surface area contributed by atoms with Gasteiger partial charge in [-0.25, -0.2) is 4.39 Å². The largest absolute Gasteiger partial charge is 0.322 e. The Kier molecular flexibility index (Phi) is 7.21. The Morgan fingerprint density at radius 1 is 0.968 bits per heavy atom. The molecule has 3 aromatic rings. The van der Waals surface area contributed by atoms with Gasteiger partial charge in [-0.3, -0.25) is 14.5 Å². The standard InChI is InChI=1S/C25H23FN2O2.ClH/c1-17(29)19-6-9-24(10-7-19)27-25(30)21-4-2-3-18(13-21)15-28-12-11-20-5-8-23(26)14-22(20)16-28;/h2-10,13-14H,11-12,15-16H2,1H3,(H,27,30);1H. The molecule has 0 aromatic heterocycles. The molecule has 160 valence electrons. The lowest BCUT2D eigenvalue weighted by molar-refractivity contribution is 0.101. The van der Waals surface area contributed by atoms with Crippen LogP contribution in [0.25, 0.3) is 0 Å². The predicted molar refractivity (Wildman–Crippen MR) is 122 cm³/mol. The molecule has 0 saturated carbocycles. The lowest BCUT2D eigenvalue weighted by Crippen LogP contribution is -2.30. The van der Waals surface area contributed by atoms with E-state index in [4.69, 9.17) is 0 Å². The van der Waals surface area contributed by atoms with Crippen molar-refractivity contribution in [2.24, 2.45) is 0 Å². The molecule has 0 saturated heterocycles. The summed E-state index contributed by atoms with van der Waals surface area (Å²) in [5.74, 6) is -0.409. The van der Waals surface area contributed by atoms with Crippen molar-refractivity contribution < 1.29 is 14.0 Å². The number of rotatable bonds is 5. The smallest absolute Gasteiger partial charge is 0.255 e. The van der Waals surface area contributed by atoms with Gasteiger partial charge in [0.1, 0.15) is 5.82 Å².